The molecule has 0 bridgehead atoms. The van der Waals surface area contributed by atoms with Gasteiger partial charge in [0.25, 0.3) is 0 Å². The fraction of sp³-hybridized carbons (Fsp3) is 0.353. The molecule has 1 heterocycles. The van der Waals surface area contributed by atoms with E-state index < -0.39 is 0 Å². The molecule has 122 valence electrons. The van der Waals surface area contributed by atoms with Gasteiger partial charge < -0.3 is 4.74 Å². The average Bonchev–Trinajstić information content (AvgIpc) is 2.89. The Morgan fingerprint density at radius 2 is 2.04 bits per heavy atom. The number of nitrogens with zero attached hydrogens (tertiary/aromatic N) is 3. The van der Waals surface area contributed by atoms with Crippen LogP contribution in [0.2, 0.25) is 0 Å². The first-order valence-electron chi connectivity index (χ1n) is 7.44. The number of aromatic nitrogens is 3. The smallest absolute Gasteiger partial charge is 0.316 e. The maximum absolute atomic E-state index is 11.7. The van der Waals surface area contributed by atoms with Gasteiger partial charge >= 0.3 is 5.97 Å². The summed E-state index contributed by atoms with van der Waals surface area (Å²) in [7, 11) is 0. The third-order valence-corrected chi connectivity index (χ3v) is 3.96. The number of carbonyl (C=O) groups is 1. The SMILES string of the molecule is C=CCn1c(SCC(=O)OC(C)C)nnc1-c1ccc(C)cc1. The largest absolute Gasteiger partial charge is 0.462 e. The van der Waals surface area contributed by atoms with Crippen LogP contribution in [-0.2, 0) is 16.1 Å². The molecule has 0 spiro atoms. The van der Waals surface area contributed by atoms with Crippen molar-refractivity contribution >= 4 is 17.7 Å². The zero-order valence-electron chi connectivity index (χ0n) is 13.7. The Hall–Kier alpha value is -2.08. The maximum atomic E-state index is 11.7. The molecule has 1 aromatic heterocycles. The second-order valence-electron chi connectivity index (χ2n) is 5.40. The van der Waals surface area contributed by atoms with Crippen LogP contribution in [0.3, 0.4) is 0 Å². The lowest BCUT2D eigenvalue weighted by Gasteiger charge is -2.09. The number of rotatable bonds is 7. The van der Waals surface area contributed by atoms with Gasteiger partial charge in [0.05, 0.1) is 11.9 Å². The van der Waals surface area contributed by atoms with Crippen molar-refractivity contribution in [3.63, 3.8) is 0 Å². The Morgan fingerprint density at radius 1 is 1.35 bits per heavy atom. The van der Waals surface area contributed by atoms with E-state index in [4.69, 9.17) is 4.74 Å². The minimum absolute atomic E-state index is 0.114. The summed E-state index contributed by atoms with van der Waals surface area (Å²) in [6.45, 7) is 10.1. The van der Waals surface area contributed by atoms with E-state index in [1.54, 1.807) is 6.08 Å². The van der Waals surface area contributed by atoms with E-state index in [1.807, 2.05) is 49.6 Å². The molecule has 0 unspecified atom stereocenters. The van der Waals surface area contributed by atoms with Gasteiger partial charge in [0.1, 0.15) is 0 Å². The predicted molar refractivity (Wildman–Crippen MR) is 92.3 cm³/mol. The average molecular weight is 331 g/mol. The minimum atomic E-state index is -0.255. The molecule has 1 aromatic carbocycles. The zero-order valence-corrected chi connectivity index (χ0v) is 14.5. The molecule has 0 saturated heterocycles. The number of thioether (sulfide) groups is 1. The third kappa shape index (κ3) is 4.69. The highest BCUT2D eigenvalue weighted by Gasteiger charge is 2.15. The summed E-state index contributed by atoms with van der Waals surface area (Å²) >= 11 is 1.32. The fourth-order valence-electron chi connectivity index (χ4n) is 2.03. The van der Waals surface area contributed by atoms with E-state index in [9.17, 15) is 4.79 Å². The van der Waals surface area contributed by atoms with Gasteiger partial charge in [-0.3, -0.25) is 9.36 Å². The molecule has 0 atom stereocenters. The summed E-state index contributed by atoms with van der Waals surface area (Å²) in [4.78, 5) is 11.7. The minimum Gasteiger partial charge on any atom is -0.462 e. The lowest BCUT2D eigenvalue weighted by molar-refractivity contribution is -0.144. The van der Waals surface area contributed by atoms with E-state index in [0.717, 1.165) is 11.4 Å². The van der Waals surface area contributed by atoms with Crippen molar-refractivity contribution < 1.29 is 9.53 Å². The van der Waals surface area contributed by atoms with Crippen LogP contribution in [0.25, 0.3) is 11.4 Å². The van der Waals surface area contributed by atoms with Gasteiger partial charge in [0.15, 0.2) is 11.0 Å². The molecule has 0 aliphatic carbocycles. The summed E-state index contributed by atoms with van der Waals surface area (Å²) in [6.07, 6.45) is 1.68. The number of benzene rings is 1. The summed E-state index contributed by atoms with van der Waals surface area (Å²) in [5.74, 6) is 0.723. The summed E-state index contributed by atoms with van der Waals surface area (Å²) < 4.78 is 7.09. The molecular weight excluding hydrogens is 310 g/mol. The molecule has 0 radical (unpaired) electrons. The van der Waals surface area contributed by atoms with Gasteiger partial charge in [-0.1, -0.05) is 47.7 Å². The second kappa shape index (κ2) is 7.97. The van der Waals surface area contributed by atoms with Crippen LogP contribution in [0.5, 0.6) is 0 Å². The highest BCUT2D eigenvalue weighted by atomic mass is 32.2. The number of hydrogen-bond acceptors (Lipinski definition) is 5. The van der Waals surface area contributed by atoms with Crippen molar-refractivity contribution in [2.24, 2.45) is 0 Å². The van der Waals surface area contributed by atoms with Crippen LogP contribution in [-0.4, -0.2) is 32.6 Å². The van der Waals surface area contributed by atoms with Crippen LogP contribution in [0.4, 0.5) is 0 Å². The van der Waals surface area contributed by atoms with Crippen molar-refractivity contribution in [3.8, 4) is 11.4 Å². The number of carbonyl (C=O) groups excluding carboxylic acids is 1. The third-order valence-electron chi connectivity index (χ3n) is 3.02. The first-order chi connectivity index (χ1) is 11.0. The second-order valence-corrected chi connectivity index (χ2v) is 6.34. The van der Waals surface area contributed by atoms with E-state index in [0.29, 0.717) is 11.7 Å². The van der Waals surface area contributed by atoms with E-state index >= 15 is 0 Å². The molecule has 2 rings (SSSR count). The summed E-state index contributed by atoms with van der Waals surface area (Å²) in [5.41, 5.74) is 2.18. The lowest BCUT2D eigenvalue weighted by atomic mass is 10.1. The molecule has 6 heteroatoms. The van der Waals surface area contributed by atoms with Crippen molar-refractivity contribution in [1.82, 2.24) is 14.8 Å². The monoisotopic (exact) mass is 331 g/mol. The maximum Gasteiger partial charge on any atom is 0.316 e. The Morgan fingerprint density at radius 3 is 2.65 bits per heavy atom. The van der Waals surface area contributed by atoms with Gasteiger partial charge in [-0.15, -0.1) is 16.8 Å². The first-order valence-corrected chi connectivity index (χ1v) is 8.43. The fourth-order valence-corrected chi connectivity index (χ4v) is 2.76. The van der Waals surface area contributed by atoms with Gasteiger partial charge in [-0.05, 0) is 20.8 Å². The van der Waals surface area contributed by atoms with Crippen molar-refractivity contribution in [2.45, 2.75) is 38.6 Å². The van der Waals surface area contributed by atoms with Gasteiger partial charge in [-0.2, -0.15) is 0 Å². The number of allylic oxidation sites excluding steroid dienone is 1. The molecule has 0 aliphatic heterocycles. The molecule has 0 saturated carbocycles. The van der Waals surface area contributed by atoms with E-state index in [-0.39, 0.29) is 17.8 Å². The number of esters is 1. The highest BCUT2D eigenvalue weighted by molar-refractivity contribution is 7.99. The molecule has 5 nitrogen and oxygen atoms in total. The number of ether oxygens (including phenoxy) is 1. The van der Waals surface area contributed by atoms with E-state index in [2.05, 4.69) is 16.8 Å². The standard InChI is InChI=1S/C17H21N3O2S/c1-5-10-20-16(14-8-6-13(4)7-9-14)18-19-17(20)23-11-15(21)22-12(2)3/h5-9,12H,1,10-11H2,2-4H3. The topological polar surface area (TPSA) is 57.0 Å². The molecule has 0 aliphatic rings. The van der Waals surface area contributed by atoms with Gasteiger partial charge in [0, 0.05) is 12.1 Å². The van der Waals surface area contributed by atoms with Crippen molar-refractivity contribution in [2.75, 3.05) is 5.75 Å². The van der Waals surface area contributed by atoms with Crippen molar-refractivity contribution in [1.29, 1.82) is 0 Å². The van der Waals surface area contributed by atoms with Crippen LogP contribution in [0.1, 0.15) is 19.4 Å². The van der Waals surface area contributed by atoms with Gasteiger partial charge in [-0.25, -0.2) is 0 Å². The molecule has 0 fully saturated rings. The molecule has 0 amide bonds. The number of aryl methyl sites for hydroxylation is 1. The van der Waals surface area contributed by atoms with Crippen LogP contribution < -0.4 is 0 Å². The Bertz CT molecular complexity index is 678. The highest BCUT2D eigenvalue weighted by Crippen LogP contribution is 2.24. The summed E-state index contributed by atoms with van der Waals surface area (Å²) in [6, 6.07) is 8.10. The lowest BCUT2D eigenvalue weighted by Crippen LogP contribution is -2.13. The Balaban J connectivity index is 2.19. The summed E-state index contributed by atoms with van der Waals surface area (Å²) in [5, 5.41) is 9.15. The Labute approximate surface area is 140 Å². The zero-order chi connectivity index (χ0) is 16.8. The number of hydrogen-bond donors (Lipinski definition) is 0. The first kappa shape index (κ1) is 17.3. The molecule has 2 aromatic rings. The normalized spacial score (nSPS) is 10.8. The molecule has 23 heavy (non-hydrogen) atoms. The van der Waals surface area contributed by atoms with Crippen LogP contribution in [0, 0.1) is 6.92 Å². The van der Waals surface area contributed by atoms with E-state index in [1.165, 1.54) is 17.3 Å². The van der Waals surface area contributed by atoms with Gasteiger partial charge in [0.2, 0.25) is 0 Å². The Kier molecular flexibility index (Phi) is 5.98. The van der Waals surface area contributed by atoms with Crippen molar-refractivity contribution in [3.05, 3.63) is 42.5 Å². The van der Waals surface area contributed by atoms with Crippen LogP contribution >= 0.6 is 11.8 Å². The quantitative estimate of drug-likeness (QED) is 0.442. The van der Waals surface area contributed by atoms with Crippen LogP contribution in [0.15, 0.2) is 42.1 Å². The predicted octanol–water partition coefficient (Wildman–Crippen LogP) is 3.48. The molecular formula is C17H21N3O2S. The molecule has 0 N–H and O–H groups in total.